The van der Waals surface area contributed by atoms with Crippen LogP contribution in [-0.4, -0.2) is 39.2 Å². The molecule has 1 atom stereocenters. The quantitative estimate of drug-likeness (QED) is 0.736. The van der Waals surface area contributed by atoms with Crippen LogP contribution in [0.2, 0.25) is 0 Å². The molecule has 0 aliphatic carbocycles. The molecule has 0 saturated carbocycles. The van der Waals surface area contributed by atoms with Crippen LogP contribution in [0.4, 0.5) is 5.82 Å². The second-order valence-electron chi connectivity index (χ2n) is 4.21. The molecule has 1 aromatic heterocycles. The summed E-state index contributed by atoms with van der Waals surface area (Å²) in [5.41, 5.74) is 0. The summed E-state index contributed by atoms with van der Waals surface area (Å²) in [7, 11) is -3.65. The smallest absolute Gasteiger partial charge is 0.244 e. The molecule has 2 N–H and O–H groups in total. The molecule has 0 radical (unpaired) electrons. The number of hydrogen-bond donors (Lipinski definition) is 2. The molecule has 0 spiro atoms. The molecule has 1 heterocycles. The average Bonchev–Trinajstić information content (AvgIpc) is 2.38. The summed E-state index contributed by atoms with van der Waals surface area (Å²) >= 11 is 3.24. The summed E-state index contributed by atoms with van der Waals surface area (Å²) in [5.74, 6) is 0.340. The first-order chi connectivity index (χ1) is 9.40. The number of nitrogens with zero attached hydrogens (tertiary/aromatic N) is 1. The molecule has 0 aliphatic rings. The first-order valence-corrected chi connectivity index (χ1v) is 8.67. The highest BCUT2D eigenvalue weighted by molar-refractivity contribution is 9.10. The third-order valence-corrected chi connectivity index (χ3v) is 4.42. The van der Waals surface area contributed by atoms with Gasteiger partial charge < -0.3 is 10.1 Å². The molecular formula is C12H20BrN3O3S. The van der Waals surface area contributed by atoms with Crippen molar-refractivity contribution in [1.82, 2.24) is 9.71 Å². The van der Waals surface area contributed by atoms with Crippen molar-refractivity contribution in [1.29, 1.82) is 0 Å². The molecule has 0 fully saturated rings. The van der Waals surface area contributed by atoms with Crippen molar-refractivity contribution in [2.75, 3.05) is 25.1 Å². The van der Waals surface area contributed by atoms with E-state index in [-0.39, 0.29) is 10.9 Å². The minimum atomic E-state index is -3.65. The molecule has 0 amide bonds. The fourth-order valence-corrected chi connectivity index (χ4v) is 3.45. The Morgan fingerprint density at radius 2 is 2.15 bits per heavy atom. The van der Waals surface area contributed by atoms with E-state index in [2.05, 4.69) is 31.0 Å². The van der Waals surface area contributed by atoms with Gasteiger partial charge in [0.25, 0.3) is 0 Å². The Bertz CT molecular complexity index is 537. The predicted molar refractivity (Wildman–Crippen MR) is 82.4 cm³/mol. The number of anilines is 1. The van der Waals surface area contributed by atoms with E-state index in [1.54, 1.807) is 13.1 Å². The fourth-order valence-electron chi connectivity index (χ4n) is 1.58. The molecular weight excluding hydrogens is 346 g/mol. The Hall–Kier alpha value is -0.700. The SMILES string of the molecule is CCNc1ncc(Br)cc1S(=O)(=O)NC(C)COCC. The van der Waals surface area contributed by atoms with Crippen LogP contribution in [-0.2, 0) is 14.8 Å². The number of ether oxygens (including phenoxy) is 1. The number of rotatable bonds is 8. The summed E-state index contributed by atoms with van der Waals surface area (Å²) in [6.45, 7) is 6.96. The van der Waals surface area contributed by atoms with Crippen molar-refractivity contribution < 1.29 is 13.2 Å². The lowest BCUT2D eigenvalue weighted by atomic mass is 10.4. The van der Waals surface area contributed by atoms with Crippen LogP contribution < -0.4 is 10.0 Å². The van der Waals surface area contributed by atoms with Gasteiger partial charge >= 0.3 is 0 Å². The zero-order valence-electron chi connectivity index (χ0n) is 11.8. The Balaban J connectivity index is 2.99. The van der Waals surface area contributed by atoms with Crippen LogP contribution in [0.5, 0.6) is 0 Å². The molecule has 1 rings (SSSR count). The normalized spacial score (nSPS) is 13.2. The molecule has 1 aromatic rings. The van der Waals surface area contributed by atoms with Gasteiger partial charge in [-0.1, -0.05) is 0 Å². The Morgan fingerprint density at radius 1 is 1.45 bits per heavy atom. The van der Waals surface area contributed by atoms with E-state index in [1.165, 1.54) is 6.07 Å². The van der Waals surface area contributed by atoms with E-state index in [9.17, 15) is 8.42 Å². The van der Waals surface area contributed by atoms with E-state index in [1.807, 2.05) is 13.8 Å². The lowest BCUT2D eigenvalue weighted by Gasteiger charge is -2.16. The molecule has 114 valence electrons. The summed E-state index contributed by atoms with van der Waals surface area (Å²) < 4.78 is 33.2. The largest absolute Gasteiger partial charge is 0.380 e. The topological polar surface area (TPSA) is 80.3 Å². The van der Waals surface area contributed by atoms with Crippen molar-refractivity contribution in [3.8, 4) is 0 Å². The standard InChI is InChI=1S/C12H20BrN3O3S/c1-4-14-12-11(6-10(13)7-15-12)20(17,18)16-9(3)8-19-5-2/h6-7,9,16H,4-5,8H2,1-3H3,(H,14,15). The monoisotopic (exact) mass is 365 g/mol. The first kappa shape index (κ1) is 17.4. The van der Waals surface area contributed by atoms with Crippen LogP contribution in [0.1, 0.15) is 20.8 Å². The van der Waals surface area contributed by atoms with Gasteiger partial charge in [0, 0.05) is 29.9 Å². The molecule has 20 heavy (non-hydrogen) atoms. The summed E-state index contributed by atoms with van der Waals surface area (Å²) in [6.07, 6.45) is 1.56. The Morgan fingerprint density at radius 3 is 2.75 bits per heavy atom. The van der Waals surface area contributed by atoms with Crippen LogP contribution in [0.3, 0.4) is 0 Å². The summed E-state index contributed by atoms with van der Waals surface area (Å²) in [5, 5.41) is 2.94. The van der Waals surface area contributed by atoms with Gasteiger partial charge in [0.15, 0.2) is 0 Å². The van der Waals surface area contributed by atoms with Crippen molar-refractivity contribution >= 4 is 31.8 Å². The van der Waals surface area contributed by atoms with E-state index >= 15 is 0 Å². The fraction of sp³-hybridized carbons (Fsp3) is 0.583. The maximum absolute atomic E-state index is 12.4. The van der Waals surface area contributed by atoms with Gasteiger partial charge in [-0.3, -0.25) is 0 Å². The van der Waals surface area contributed by atoms with Crippen LogP contribution in [0, 0.1) is 0 Å². The Kier molecular flexibility index (Phi) is 6.87. The van der Waals surface area contributed by atoms with Gasteiger partial charge in [0.05, 0.1) is 6.61 Å². The van der Waals surface area contributed by atoms with Crippen LogP contribution in [0.25, 0.3) is 0 Å². The number of aromatic nitrogens is 1. The maximum Gasteiger partial charge on any atom is 0.244 e. The molecule has 0 aliphatic heterocycles. The molecule has 6 nitrogen and oxygen atoms in total. The van der Waals surface area contributed by atoms with Crippen LogP contribution >= 0.6 is 15.9 Å². The van der Waals surface area contributed by atoms with Gasteiger partial charge in [-0.05, 0) is 42.8 Å². The number of hydrogen-bond acceptors (Lipinski definition) is 5. The predicted octanol–water partition coefficient (Wildman–Crippen LogP) is 1.98. The van der Waals surface area contributed by atoms with Crippen molar-refractivity contribution in [2.24, 2.45) is 0 Å². The molecule has 8 heteroatoms. The van der Waals surface area contributed by atoms with Gasteiger partial charge in [-0.2, -0.15) is 0 Å². The highest BCUT2D eigenvalue weighted by Gasteiger charge is 2.22. The summed E-state index contributed by atoms with van der Waals surface area (Å²) in [6, 6.07) is 1.22. The molecule has 0 aromatic carbocycles. The van der Waals surface area contributed by atoms with Crippen molar-refractivity contribution in [2.45, 2.75) is 31.7 Å². The van der Waals surface area contributed by atoms with Gasteiger partial charge in [0.2, 0.25) is 10.0 Å². The lowest BCUT2D eigenvalue weighted by Crippen LogP contribution is -2.36. The van der Waals surface area contributed by atoms with E-state index in [4.69, 9.17) is 4.74 Å². The molecule has 0 saturated heterocycles. The lowest BCUT2D eigenvalue weighted by molar-refractivity contribution is 0.133. The zero-order chi connectivity index (χ0) is 15.2. The number of pyridine rings is 1. The Labute approximate surface area is 128 Å². The van der Waals surface area contributed by atoms with E-state index < -0.39 is 10.0 Å². The van der Waals surface area contributed by atoms with E-state index in [0.29, 0.717) is 30.0 Å². The number of sulfonamides is 1. The van der Waals surface area contributed by atoms with Gasteiger partial charge in [-0.15, -0.1) is 0 Å². The van der Waals surface area contributed by atoms with Crippen molar-refractivity contribution in [3.05, 3.63) is 16.7 Å². The third kappa shape index (κ3) is 5.01. The van der Waals surface area contributed by atoms with Gasteiger partial charge in [-0.25, -0.2) is 18.1 Å². The number of nitrogens with one attached hydrogen (secondary N) is 2. The van der Waals surface area contributed by atoms with Crippen molar-refractivity contribution in [3.63, 3.8) is 0 Å². The third-order valence-electron chi connectivity index (χ3n) is 2.38. The van der Waals surface area contributed by atoms with Gasteiger partial charge in [0.1, 0.15) is 10.7 Å². The van der Waals surface area contributed by atoms with E-state index in [0.717, 1.165) is 0 Å². The average molecular weight is 366 g/mol. The minimum Gasteiger partial charge on any atom is -0.380 e. The zero-order valence-corrected chi connectivity index (χ0v) is 14.2. The molecule has 0 bridgehead atoms. The van der Waals surface area contributed by atoms with Crippen LogP contribution in [0.15, 0.2) is 21.6 Å². The number of halogens is 1. The maximum atomic E-state index is 12.4. The summed E-state index contributed by atoms with van der Waals surface area (Å²) in [4.78, 5) is 4.22. The highest BCUT2D eigenvalue weighted by atomic mass is 79.9. The first-order valence-electron chi connectivity index (χ1n) is 6.40. The highest BCUT2D eigenvalue weighted by Crippen LogP contribution is 2.22. The molecule has 1 unspecified atom stereocenters. The second-order valence-corrected chi connectivity index (χ2v) is 6.81. The second kappa shape index (κ2) is 7.92. The minimum absolute atomic E-state index is 0.122.